The van der Waals surface area contributed by atoms with Crippen molar-refractivity contribution in [3.8, 4) is 0 Å². The molecule has 1 aromatic carbocycles. The number of aryl methyl sites for hydroxylation is 2. The number of benzene rings is 1. The molecule has 2 rings (SSSR count). The summed E-state index contributed by atoms with van der Waals surface area (Å²) in [4.78, 5) is 4.54. The van der Waals surface area contributed by atoms with Gasteiger partial charge in [-0.2, -0.15) is 0 Å². The summed E-state index contributed by atoms with van der Waals surface area (Å²) in [5.41, 5.74) is 3.21. The van der Waals surface area contributed by atoms with E-state index in [1.165, 1.54) is 5.56 Å². The van der Waals surface area contributed by atoms with Crippen LogP contribution in [0.1, 0.15) is 24.2 Å². The normalized spacial score (nSPS) is 12.4. The predicted molar refractivity (Wildman–Crippen MR) is 85.7 cm³/mol. The van der Waals surface area contributed by atoms with Gasteiger partial charge in [0.25, 0.3) is 0 Å². The van der Waals surface area contributed by atoms with Gasteiger partial charge in [-0.3, -0.25) is 0 Å². The average molecular weight is 338 g/mol. The second-order valence-electron chi connectivity index (χ2n) is 5.01. The van der Waals surface area contributed by atoms with Crippen LogP contribution in [0, 0.1) is 13.8 Å². The van der Waals surface area contributed by atoms with Crippen LogP contribution in [0.5, 0.6) is 0 Å². The minimum absolute atomic E-state index is 0.234. The molecule has 0 saturated carbocycles. The summed E-state index contributed by atoms with van der Waals surface area (Å²) >= 11 is 3.55. The highest BCUT2D eigenvalue weighted by molar-refractivity contribution is 9.10. The molecule has 0 aliphatic carbocycles. The SMILES string of the molecule is COCC(C)n1cc(C)nc1Nc1ccc(C)c(Br)c1. The molecule has 0 aliphatic heterocycles. The Morgan fingerprint density at radius 3 is 2.80 bits per heavy atom. The van der Waals surface area contributed by atoms with Gasteiger partial charge in [-0.25, -0.2) is 4.98 Å². The number of ether oxygens (including phenoxy) is 1. The zero-order chi connectivity index (χ0) is 14.7. The molecule has 1 atom stereocenters. The maximum atomic E-state index is 5.22. The standard InChI is InChI=1S/C15H20BrN3O/c1-10-5-6-13(7-14(10)16)18-15-17-11(2)8-19(15)12(3)9-20-4/h5-8,12H,9H2,1-4H3,(H,17,18). The van der Waals surface area contributed by atoms with Crippen LogP contribution < -0.4 is 5.32 Å². The van der Waals surface area contributed by atoms with E-state index in [0.29, 0.717) is 6.61 Å². The van der Waals surface area contributed by atoms with E-state index in [1.807, 2.05) is 13.1 Å². The fourth-order valence-corrected chi connectivity index (χ4v) is 2.44. The zero-order valence-corrected chi connectivity index (χ0v) is 13.9. The lowest BCUT2D eigenvalue weighted by molar-refractivity contribution is 0.163. The van der Waals surface area contributed by atoms with E-state index in [2.05, 4.69) is 62.8 Å². The summed E-state index contributed by atoms with van der Waals surface area (Å²) in [5, 5.41) is 3.37. The highest BCUT2D eigenvalue weighted by atomic mass is 79.9. The third-order valence-corrected chi connectivity index (χ3v) is 4.02. The number of rotatable bonds is 5. The van der Waals surface area contributed by atoms with E-state index in [-0.39, 0.29) is 6.04 Å². The average Bonchev–Trinajstić information content (AvgIpc) is 2.75. The molecule has 1 heterocycles. The highest BCUT2D eigenvalue weighted by Crippen LogP contribution is 2.25. The van der Waals surface area contributed by atoms with Crippen molar-refractivity contribution in [1.29, 1.82) is 0 Å². The maximum Gasteiger partial charge on any atom is 0.207 e. The lowest BCUT2D eigenvalue weighted by Gasteiger charge is -2.16. The fraction of sp³-hybridized carbons (Fsp3) is 0.400. The summed E-state index contributed by atoms with van der Waals surface area (Å²) in [6.07, 6.45) is 2.04. The first-order chi connectivity index (χ1) is 9.51. The first-order valence-corrected chi connectivity index (χ1v) is 7.38. The molecule has 1 unspecified atom stereocenters. The first-order valence-electron chi connectivity index (χ1n) is 6.59. The number of hydrogen-bond donors (Lipinski definition) is 1. The number of nitrogens with zero attached hydrogens (tertiary/aromatic N) is 2. The number of halogens is 1. The van der Waals surface area contributed by atoms with E-state index in [1.54, 1.807) is 7.11 Å². The quantitative estimate of drug-likeness (QED) is 0.887. The lowest BCUT2D eigenvalue weighted by Crippen LogP contribution is -2.12. The van der Waals surface area contributed by atoms with Gasteiger partial charge in [0.2, 0.25) is 5.95 Å². The summed E-state index contributed by atoms with van der Waals surface area (Å²) in [6, 6.07) is 6.42. The van der Waals surface area contributed by atoms with Crippen LogP contribution in [-0.4, -0.2) is 23.3 Å². The molecule has 108 valence electrons. The number of aromatic nitrogens is 2. The van der Waals surface area contributed by atoms with E-state index < -0.39 is 0 Å². The van der Waals surface area contributed by atoms with Crippen molar-refractivity contribution in [1.82, 2.24) is 9.55 Å². The number of nitrogens with one attached hydrogen (secondary N) is 1. The zero-order valence-electron chi connectivity index (χ0n) is 12.3. The number of methoxy groups -OCH3 is 1. The van der Waals surface area contributed by atoms with E-state index in [9.17, 15) is 0 Å². The van der Waals surface area contributed by atoms with Crippen LogP contribution >= 0.6 is 15.9 Å². The minimum Gasteiger partial charge on any atom is -0.383 e. The molecular weight excluding hydrogens is 318 g/mol. The minimum atomic E-state index is 0.234. The monoisotopic (exact) mass is 337 g/mol. The van der Waals surface area contributed by atoms with Crippen LogP contribution in [0.2, 0.25) is 0 Å². The smallest absolute Gasteiger partial charge is 0.207 e. The molecule has 20 heavy (non-hydrogen) atoms. The topological polar surface area (TPSA) is 39.1 Å². The Bertz CT molecular complexity index is 595. The summed E-state index contributed by atoms with van der Waals surface area (Å²) in [6.45, 7) is 6.83. The molecule has 0 fully saturated rings. The Morgan fingerprint density at radius 2 is 2.15 bits per heavy atom. The van der Waals surface area contributed by atoms with E-state index in [4.69, 9.17) is 4.74 Å². The number of anilines is 2. The molecule has 4 nitrogen and oxygen atoms in total. The molecule has 0 aliphatic rings. The van der Waals surface area contributed by atoms with Crippen LogP contribution in [0.4, 0.5) is 11.6 Å². The second kappa shape index (κ2) is 6.41. The molecule has 0 radical (unpaired) electrons. The molecule has 1 N–H and O–H groups in total. The van der Waals surface area contributed by atoms with Crippen molar-refractivity contribution >= 4 is 27.6 Å². The van der Waals surface area contributed by atoms with Crippen molar-refractivity contribution in [3.63, 3.8) is 0 Å². The molecule has 0 amide bonds. The predicted octanol–water partition coefficient (Wildman–Crippen LogP) is 4.21. The summed E-state index contributed by atoms with van der Waals surface area (Å²) < 4.78 is 8.41. The van der Waals surface area contributed by atoms with Gasteiger partial charge < -0.3 is 14.6 Å². The van der Waals surface area contributed by atoms with E-state index in [0.717, 1.165) is 21.8 Å². The van der Waals surface area contributed by atoms with Crippen molar-refractivity contribution < 1.29 is 4.74 Å². The van der Waals surface area contributed by atoms with Crippen molar-refractivity contribution in [3.05, 3.63) is 40.1 Å². The van der Waals surface area contributed by atoms with Gasteiger partial charge in [-0.1, -0.05) is 22.0 Å². The molecular formula is C15H20BrN3O. The van der Waals surface area contributed by atoms with Gasteiger partial charge in [0.1, 0.15) is 0 Å². The van der Waals surface area contributed by atoms with Crippen LogP contribution in [-0.2, 0) is 4.74 Å². The molecule has 2 aromatic rings. The largest absolute Gasteiger partial charge is 0.383 e. The van der Waals surface area contributed by atoms with Gasteiger partial charge in [0, 0.05) is 23.5 Å². The molecule has 0 bridgehead atoms. The Labute approximate surface area is 128 Å². The van der Waals surface area contributed by atoms with Crippen LogP contribution in [0.3, 0.4) is 0 Å². The Hall–Kier alpha value is -1.33. The van der Waals surface area contributed by atoms with Gasteiger partial charge >= 0.3 is 0 Å². The van der Waals surface area contributed by atoms with Gasteiger partial charge in [0.05, 0.1) is 18.3 Å². The summed E-state index contributed by atoms with van der Waals surface area (Å²) in [7, 11) is 1.71. The van der Waals surface area contributed by atoms with Crippen LogP contribution in [0.15, 0.2) is 28.9 Å². The number of hydrogen-bond acceptors (Lipinski definition) is 3. The van der Waals surface area contributed by atoms with Crippen molar-refractivity contribution in [2.24, 2.45) is 0 Å². The molecule has 0 spiro atoms. The summed E-state index contributed by atoms with van der Waals surface area (Å²) in [5.74, 6) is 0.836. The third-order valence-electron chi connectivity index (χ3n) is 3.16. The fourth-order valence-electron chi connectivity index (χ4n) is 2.07. The lowest BCUT2D eigenvalue weighted by atomic mass is 10.2. The Morgan fingerprint density at radius 1 is 1.40 bits per heavy atom. The van der Waals surface area contributed by atoms with Gasteiger partial charge in [0.15, 0.2) is 0 Å². The van der Waals surface area contributed by atoms with Crippen molar-refractivity contribution in [2.45, 2.75) is 26.8 Å². The second-order valence-corrected chi connectivity index (χ2v) is 5.86. The Kier molecular flexibility index (Phi) is 4.83. The maximum absolute atomic E-state index is 5.22. The molecule has 0 saturated heterocycles. The third kappa shape index (κ3) is 3.41. The number of imidazole rings is 1. The van der Waals surface area contributed by atoms with Crippen LogP contribution in [0.25, 0.3) is 0 Å². The van der Waals surface area contributed by atoms with Gasteiger partial charge in [-0.15, -0.1) is 0 Å². The van der Waals surface area contributed by atoms with Gasteiger partial charge in [-0.05, 0) is 38.5 Å². The molecule has 5 heteroatoms. The Balaban J connectivity index is 2.26. The first kappa shape index (κ1) is 15.1. The van der Waals surface area contributed by atoms with Crippen molar-refractivity contribution in [2.75, 3.05) is 19.0 Å². The van der Waals surface area contributed by atoms with E-state index >= 15 is 0 Å². The molecule has 1 aromatic heterocycles. The highest BCUT2D eigenvalue weighted by Gasteiger charge is 2.12.